The Morgan fingerprint density at radius 3 is 2.70 bits per heavy atom. The fraction of sp³-hybridized carbons (Fsp3) is 0.357. The van der Waals surface area contributed by atoms with Gasteiger partial charge in [-0.1, -0.05) is 17.7 Å². The number of halogens is 2. The summed E-state index contributed by atoms with van der Waals surface area (Å²) in [5.41, 5.74) is 8.71. The smallest absolute Gasteiger partial charge is 0.138 e. The second kappa shape index (κ2) is 6.16. The standard InChI is InChI=1S/C14H17BrClN3O/c1-8(17)10-4-5-13(11(16)6-10)20-7-12-14(15)9(2)18-19(12)3/h4-6,8H,7,17H2,1-3H3/t8-/m1/s1. The lowest BCUT2D eigenvalue weighted by Crippen LogP contribution is -2.06. The molecule has 0 amide bonds. The Hall–Kier alpha value is -1.04. The SMILES string of the molecule is Cc1nn(C)c(COc2ccc([C@@H](C)N)cc2Cl)c1Br. The number of aryl methyl sites for hydroxylation is 2. The predicted molar refractivity (Wildman–Crippen MR) is 84.0 cm³/mol. The van der Waals surface area contributed by atoms with Crippen LogP contribution in [0.3, 0.4) is 0 Å². The number of benzene rings is 1. The van der Waals surface area contributed by atoms with E-state index in [9.17, 15) is 0 Å². The van der Waals surface area contributed by atoms with Crippen molar-refractivity contribution >= 4 is 27.5 Å². The summed E-state index contributed by atoms with van der Waals surface area (Å²) in [7, 11) is 1.89. The van der Waals surface area contributed by atoms with Crippen LogP contribution in [-0.4, -0.2) is 9.78 Å². The Labute approximate surface area is 132 Å². The molecule has 108 valence electrons. The first-order valence-corrected chi connectivity index (χ1v) is 7.43. The van der Waals surface area contributed by atoms with E-state index >= 15 is 0 Å². The summed E-state index contributed by atoms with van der Waals surface area (Å²) >= 11 is 9.72. The number of aromatic nitrogens is 2. The fourth-order valence-corrected chi connectivity index (χ4v) is 2.59. The molecule has 0 radical (unpaired) electrons. The molecule has 4 nitrogen and oxygen atoms in total. The first-order chi connectivity index (χ1) is 9.40. The van der Waals surface area contributed by atoms with Crippen molar-refractivity contribution in [2.24, 2.45) is 12.8 Å². The molecule has 0 saturated carbocycles. The minimum Gasteiger partial charge on any atom is -0.486 e. The maximum absolute atomic E-state index is 6.21. The van der Waals surface area contributed by atoms with Gasteiger partial charge in [0, 0.05) is 13.1 Å². The third-order valence-electron chi connectivity index (χ3n) is 3.11. The van der Waals surface area contributed by atoms with E-state index in [-0.39, 0.29) is 6.04 Å². The first-order valence-electron chi connectivity index (χ1n) is 6.26. The van der Waals surface area contributed by atoms with Gasteiger partial charge in [0.05, 0.1) is 20.9 Å². The molecule has 1 aromatic carbocycles. The Morgan fingerprint density at radius 2 is 2.20 bits per heavy atom. The van der Waals surface area contributed by atoms with Gasteiger partial charge in [0.25, 0.3) is 0 Å². The molecule has 1 aromatic heterocycles. The number of ether oxygens (including phenoxy) is 1. The van der Waals surface area contributed by atoms with Crippen LogP contribution >= 0.6 is 27.5 Å². The Morgan fingerprint density at radius 1 is 1.50 bits per heavy atom. The highest BCUT2D eigenvalue weighted by molar-refractivity contribution is 9.10. The summed E-state index contributed by atoms with van der Waals surface area (Å²) in [6.45, 7) is 4.26. The van der Waals surface area contributed by atoms with Crippen molar-refractivity contribution in [3.8, 4) is 5.75 Å². The molecule has 0 unspecified atom stereocenters. The van der Waals surface area contributed by atoms with Crippen LogP contribution in [0.5, 0.6) is 5.75 Å². The molecule has 0 saturated heterocycles. The molecule has 0 aliphatic rings. The molecule has 0 spiro atoms. The molecule has 1 heterocycles. The van der Waals surface area contributed by atoms with Gasteiger partial charge in [-0.15, -0.1) is 0 Å². The van der Waals surface area contributed by atoms with Crippen LogP contribution in [0, 0.1) is 6.92 Å². The third-order valence-corrected chi connectivity index (χ3v) is 4.43. The van der Waals surface area contributed by atoms with Crippen LogP contribution in [0.1, 0.15) is 29.9 Å². The van der Waals surface area contributed by atoms with Crippen molar-refractivity contribution in [2.75, 3.05) is 0 Å². The Kier molecular flexibility index (Phi) is 4.73. The van der Waals surface area contributed by atoms with Crippen LogP contribution in [0.25, 0.3) is 0 Å². The molecule has 2 aromatic rings. The topological polar surface area (TPSA) is 53.1 Å². The lowest BCUT2D eigenvalue weighted by Gasteiger charge is -2.11. The molecule has 1 atom stereocenters. The zero-order chi connectivity index (χ0) is 14.9. The van der Waals surface area contributed by atoms with E-state index < -0.39 is 0 Å². The summed E-state index contributed by atoms with van der Waals surface area (Å²) in [5.74, 6) is 0.641. The molecule has 2 N–H and O–H groups in total. The van der Waals surface area contributed by atoms with Crippen molar-refractivity contribution in [1.29, 1.82) is 0 Å². The Balaban J connectivity index is 2.15. The van der Waals surface area contributed by atoms with Gasteiger partial charge < -0.3 is 10.5 Å². The number of rotatable bonds is 4. The van der Waals surface area contributed by atoms with Gasteiger partial charge in [-0.05, 0) is 47.5 Å². The molecular formula is C14H17BrClN3O. The summed E-state index contributed by atoms with van der Waals surface area (Å²) in [6.07, 6.45) is 0. The average Bonchev–Trinajstić information content (AvgIpc) is 2.62. The van der Waals surface area contributed by atoms with Gasteiger partial charge in [-0.2, -0.15) is 5.10 Å². The molecule has 2 rings (SSSR count). The number of hydrogen-bond donors (Lipinski definition) is 1. The van der Waals surface area contributed by atoms with E-state index in [1.807, 2.05) is 39.1 Å². The second-order valence-corrected chi connectivity index (χ2v) is 5.94. The summed E-state index contributed by atoms with van der Waals surface area (Å²) in [4.78, 5) is 0. The van der Waals surface area contributed by atoms with E-state index in [0.717, 1.165) is 21.4 Å². The largest absolute Gasteiger partial charge is 0.486 e. The molecule has 6 heteroatoms. The fourth-order valence-electron chi connectivity index (χ4n) is 1.90. The highest BCUT2D eigenvalue weighted by Crippen LogP contribution is 2.29. The van der Waals surface area contributed by atoms with Crippen molar-refractivity contribution in [3.63, 3.8) is 0 Å². The van der Waals surface area contributed by atoms with Crippen LogP contribution in [0.4, 0.5) is 0 Å². The minimum absolute atomic E-state index is 0.0459. The Bertz CT molecular complexity index is 625. The molecule has 0 fully saturated rings. The minimum atomic E-state index is -0.0459. The van der Waals surface area contributed by atoms with Gasteiger partial charge in [0.2, 0.25) is 0 Å². The van der Waals surface area contributed by atoms with Gasteiger partial charge in [-0.25, -0.2) is 0 Å². The van der Waals surface area contributed by atoms with Crippen molar-refractivity contribution < 1.29 is 4.74 Å². The number of hydrogen-bond acceptors (Lipinski definition) is 3. The van der Waals surface area contributed by atoms with E-state index in [4.69, 9.17) is 22.1 Å². The lowest BCUT2D eigenvalue weighted by atomic mass is 10.1. The normalized spacial score (nSPS) is 12.5. The highest BCUT2D eigenvalue weighted by atomic mass is 79.9. The van der Waals surface area contributed by atoms with Crippen LogP contribution in [0.15, 0.2) is 22.7 Å². The van der Waals surface area contributed by atoms with Crippen molar-refractivity contribution in [2.45, 2.75) is 26.5 Å². The van der Waals surface area contributed by atoms with E-state index in [1.54, 1.807) is 4.68 Å². The molecule has 0 bridgehead atoms. The maximum atomic E-state index is 6.21. The van der Waals surface area contributed by atoms with E-state index in [1.165, 1.54) is 0 Å². The first kappa shape index (κ1) is 15.4. The van der Waals surface area contributed by atoms with Crippen molar-refractivity contribution in [3.05, 3.63) is 44.6 Å². The third kappa shape index (κ3) is 3.16. The maximum Gasteiger partial charge on any atom is 0.138 e. The predicted octanol–water partition coefficient (Wildman–Crippen LogP) is 3.74. The highest BCUT2D eigenvalue weighted by Gasteiger charge is 2.12. The quantitative estimate of drug-likeness (QED) is 0.905. The van der Waals surface area contributed by atoms with Crippen LogP contribution in [-0.2, 0) is 13.7 Å². The zero-order valence-electron chi connectivity index (χ0n) is 11.7. The zero-order valence-corrected chi connectivity index (χ0v) is 14.0. The van der Waals surface area contributed by atoms with Gasteiger partial charge in [0.15, 0.2) is 0 Å². The monoisotopic (exact) mass is 357 g/mol. The molecule has 20 heavy (non-hydrogen) atoms. The summed E-state index contributed by atoms with van der Waals surface area (Å²) in [6, 6.07) is 5.56. The second-order valence-electron chi connectivity index (χ2n) is 4.74. The van der Waals surface area contributed by atoms with Crippen LogP contribution in [0.2, 0.25) is 5.02 Å². The molecular weight excluding hydrogens is 342 g/mol. The van der Waals surface area contributed by atoms with Crippen molar-refractivity contribution in [1.82, 2.24) is 9.78 Å². The van der Waals surface area contributed by atoms with E-state index in [0.29, 0.717) is 17.4 Å². The van der Waals surface area contributed by atoms with Gasteiger partial charge in [-0.3, -0.25) is 4.68 Å². The summed E-state index contributed by atoms with van der Waals surface area (Å²) in [5, 5.41) is 4.89. The average molecular weight is 359 g/mol. The molecule has 0 aliphatic heterocycles. The van der Waals surface area contributed by atoms with Crippen LogP contribution < -0.4 is 10.5 Å². The number of nitrogens with zero attached hydrogens (tertiary/aromatic N) is 2. The van der Waals surface area contributed by atoms with Gasteiger partial charge >= 0.3 is 0 Å². The summed E-state index contributed by atoms with van der Waals surface area (Å²) < 4.78 is 8.53. The number of nitrogens with two attached hydrogens (primary N) is 1. The van der Waals surface area contributed by atoms with E-state index in [2.05, 4.69) is 21.0 Å². The lowest BCUT2D eigenvalue weighted by molar-refractivity contribution is 0.294. The molecule has 0 aliphatic carbocycles. The van der Waals surface area contributed by atoms with Gasteiger partial charge in [0.1, 0.15) is 12.4 Å².